The maximum absolute atomic E-state index is 12.5. The Morgan fingerprint density at radius 2 is 2.07 bits per heavy atom. The molecule has 0 spiro atoms. The predicted octanol–water partition coefficient (Wildman–Crippen LogP) is 2.94. The van der Waals surface area contributed by atoms with Gasteiger partial charge in [-0.2, -0.15) is 5.10 Å². The van der Waals surface area contributed by atoms with Crippen molar-refractivity contribution in [3.8, 4) is 0 Å². The lowest BCUT2D eigenvalue weighted by atomic mass is 9.96. The molecule has 0 unspecified atom stereocenters. The Balaban J connectivity index is 1.32. The molecule has 1 saturated heterocycles. The lowest BCUT2D eigenvalue weighted by molar-refractivity contribution is -0.133. The number of carbonyl (C=O) groups is 2. The first-order valence-corrected chi connectivity index (χ1v) is 11.0. The van der Waals surface area contributed by atoms with E-state index in [2.05, 4.69) is 27.9 Å². The van der Waals surface area contributed by atoms with Crippen LogP contribution in [0.2, 0.25) is 0 Å². The molecule has 0 aromatic carbocycles. The summed E-state index contributed by atoms with van der Waals surface area (Å²) in [7, 11) is 0. The van der Waals surface area contributed by atoms with E-state index in [0.29, 0.717) is 18.9 Å². The van der Waals surface area contributed by atoms with Gasteiger partial charge in [0.25, 0.3) is 0 Å². The molecule has 0 bridgehead atoms. The number of piperidine rings is 1. The van der Waals surface area contributed by atoms with Crippen LogP contribution in [0.25, 0.3) is 0 Å². The van der Waals surface area contributed by atoms with Crippen molar-refractivity contribution in [2.45, 2.75) is 52.5 Å². The molecule has 0 saturated carbocycles. The van der Waals surface area contributed by atoms with Crippen molar-refractivity contribution in [2.75, 3.05) is 19.6 Å². The van der Waals surface area contributed by atoms with Crippen LogP contribution >= 0.6 is 11.3 Å². The number of aryl methyl sites for hydroxylation is 3. The fourth-order valence-corrected chi connectivity index (χ4v) is 4.43. The number of nitrogens with one attached hydrogen (secondary N) is 1. The van der Waals surface area contributed by atoms with Crippen LogP contribution in [-0.4, -0.2) is 46.1 Å². The second-order valence-electron chi connectivity index (χ2n) is 7.65. The molecule has 1 fully saturated rings. The lowest BCUT2D eigenvalue weighted by Crippen LogP contribution is -2.43. The zero-order valence-corrected chi connectivity index (χ0v) is 17.6. The number of amides is 2. The molecule has 152 valence electrons. The summed E-state index contributed by atoms with van der Waals surface area (Å²) in [5, 5.41) is 9.52. The summed E-state index contributed by atoms with van der Waals surface area (Å²) in [4.78, 5) is 27.8. The van der Waals surface area contributed by atoms with Crippen LogP contribution in [0.4, 0.5) is 0 Å². The van der Waals surface area contributed by atoms with Gasteiger partial charge in [-0.1, -0.05) is 6.07 Å². The Bertz CT molecular complexity index is 776. The summed E-state index contributed by atoms with van der Waals surface area (Å²) in [6.07, 6.45) is 4.33. The van der Waals surface area contributed by atoms with Gasteiger partial charge in [-0.05, 0) is 63.0 Å². The van der Waals surface area contributed by atoms with Gasteiger partial charge >= 0.3 is 0 Å². The van der Waals surface area contributed by atoms with E-state index in [1.54, 1.807) is 16.0 Å². The standard InChI is InChI=1S/C21H30N4O2S/c1-16-13-17(2)25(23-16)15-21(27)24-10-8-18(9-11-24)14-22-20(26)7-3-5-19-6-4-12-28-19/h4,6,12-13,18H,3,5,7-11,14-15H2,1-2H3,(H,22,26). The Kier molecular flexibility index (Phi) is 7.25. The first-order chi connectivity index (χ1) is 13.5. The molecule has 1 aliphatic heterocycles. The van der Waals surface area contributed by atoms with Crippen molar-refractivity contribution in [1.82, 2.24) is 20.0 Å². The number of aromatic nitrogens is 2. The molecule has 2 aromatic heterocycles. The Hall–Kier alpha value is -2.15. The molecular formula is C21H30N4O2S. The molecule has 2 aromatic rings. The maximum Gasteiger partial charge on any atom is 0.244 e. The van der Waals surface area contributed by atoms with Gasteiger partial charge in [-0.15, -0.1) is 11.3 Å². The number of thiophene rings is 1. The van der Waals surface area contributed by atoms with Crippen LogP contribution < -0.4 is 5.32 Å². The third kappa shape index (κ3) is 5.92. The predicted molar refractivity (Wildman–Crippen MR) is 111 cm³/mol. The third-order valence-corrected chi connectivity index (χ3v) is 6.29. The average molecular weight is 403 g/mol. The summed E-state index contributed by atoms with van der Waals surface area (Å²) in [5.74, 6) is 0.723. The molecule has 1 aliphatic rings. The molecule has 6 nitrogen and oxygen atoms in total. The van der Waals surface area contributed by atoms with E-state index in [9.17, 15) is 9.59 Å². The smallest absolute Gasteiger partial charge is 0.244 e. The average Bonchev–Trinajstić information content (AvgIpc) is 3.30. The third-order valence-electron chi connectivity index (χ3n) is 5.35. The monoisotopic (exact) mass is 402 g/mol. The minimum Gasteiger partial charge on any atom is -0.356 e. The quantitative estimate of drug-likeness (QED) is 0.738. The van der Waals surface area contributed by atoms with Crippen molar-refractivity contribution < 1.29 is 9.59 Å². The minimum absolute atomic E-state index is 0.127. The van der Waals surface area contributed by atoms with Crippen LogP contribution in [0.15, 0.2) is 23.6 Å². The first-order valence-electron chi connectivity index (χ1n) is 10.1. The summed E-state index contributed by atoms with van der Waals surface area (Å²) in [6.45, 7) is 6.47. The van der Waals surface area contributed by atoms with Crippen LogP contribution in [0, 0.1) is 19.8 Å². The summed E-state index contributed by atoms with van der Waals surface area (Å²) in [5.41, 5.74) is 1.96. The SMILES string of the molecule is Cc1cc(C)n(CC(=O)N2CCC(CNC(=O)CCCc3cccs3)CC2)n1. The highest BCUT2D eigenvalue weighted by atomic mass is 32.1. The van der Waals surface area contributed by atoms with E-state index in [1.807, 2.05) is 24.8 Å². The van der Waals surface area contributed by atoms with Crippen LogP contribution in [-0.2, 0) is 22.6 Å². The largest absolute Gasteiger partial charge is 0.356 e. The molecule has 3 rings (SSSR count). The van der Waals surface area contributed by atoms with Crippen molar-refractivity contribution in [2.24, 2.45) is 5.92 Å². The van der Waals surface area contributed by atoms with Crippen molar-refractivity contribution >= 4 is 23.2 Å². The van der Waals surface area contributed by atoms with Gasteiger partial charge in [0.05, 0.1) is 5.69 Å². The van der Waals surface area contributed by atoms with Crippen LogP contribution in [0.1, 0.15) is 41.9 Å². The topological polar surface area (TPSA) is 67.2 Å². The molecule has 2 amide bonds. The van der Waals surface area contributed by atoms with Gasteiger partial charge in [0.2, 0.25) is 11.8 Å². The molecule has 28 heavy (non-hydrogen) atoms. The molecular weight excluding hydrogens is 372 g/mol. The van der Waals surface area contributed by atoms with Gasteiger partial charge in [0.1, 0.15) is 6.54 Å². The van der Waals surface area contributed by atoms with E-state index < -0.39 is 0 Å². The van der Waals surface area contributed by atoms with E-state index in [4.69, 9.17) is 0 Å². The number of likely N-dealkylation sites (tertiary alicyclic amines) is 1. The maximum atomic E-state index is 12.5. The van der Waals surface area contributed by atoms with Gasteiger partial charge in [-0.3, -0.25) is 14.3 Å². The van der Waals surface area contributed by atoms with E-state index >= 15 is 0 Å². The van der Waals surface area contributed by atoms with Gasteiger partial charge in [0.15, 0.2) is 0 Å². The number of nitrogens with zero attached hydrogens (tertiary/aromatic N) is 3. The zero-order chi connectivity index (χ0) is 19.9. The van der Waals surface area contributed by atoms with Gasteiger partial charge in [0, 0.05) is 36.6 Å². The fraction of sp³-hybridized carbons (Fsp3) is 0.571. The normalized spacial score (nSPS) is 15.0. The summed E-state index contributed by atoms with van der Waals surface area (Å²) < 4.78 is 1.78. The van der Waals surface area contributed by atoms with Gasteiger partial charge < -0.3 is 10.2 Å². The minimum atomic E-state index is 0.127. The fourth-order valence-electron chi connectivity index (χ4n) is 3.67. The van der Waals surface area contributed by atoms with Crippen molar-refractivity contribution in [1.29, 1.82) is 0 Å². The van der Waals surface area contributed by atoms with E-state index in [-0.39, 0.29) is 11.8 Å². The zero-order valence-electron chi connectivity index (χ0n) is 16.8. The highest BCUT2D eigenvalue weighted by Crippen LogP contribution is 2.17. The molecule has 0 radical (unpaired) electrons. The van der Waals surface area contributed by atoms with Crippen LogP contribution in [0.3, 0.4) is 0 Å². The number of hydrogen-bond acceptors (Lipinski definition) is 4. The van der Waals surface area contributed by atoms with E-state index in [1.165, 1.54) is 4.88 Å². The van der Waals surface area contributed by atoms with Crippen molar-refractivity contribution in [3.63, 3.8) is 0 Å². The first kappa shape index (κ1) is 20.6. The molecule has 0 atom stereocenters. The Morgan fingerprint density at radius 3 is 2.71 bits per heavy atom. The van der Waals surface area contributed by atoms with E-state index in [0.717, 1.165) is 56.7 Å². The second kappa shape index (κ2) is 9.87. The highest BCUT2D eigenvalue weighted by Gasteiger charge is 2.23. The summed E-state index contributed by atoms with van der Waals surface area (Å²) >= 11 is 1.75. The highest BCUT2D eigenvalue weighted by molar-refractivity contribution is 7.09. The number of carbonyl (C=O) groups excluding carboxylic acids is 2. The number of rotatable bonds is 8. The molecule has 3 heterocycles. The second-order valence-corrected chi connectivity index (χ2v) is 8.68. The number of hydrogen-bond donors (Lipinski definition) is 1. The molecule has 1 N–H and O–H groups in total. The summed E-state index contributed by atoms with van der Waals surface area (Å²) in [6, 6.07) is 6.16. The Labute approximate surface area is 170 Å². The van der Waals surface area contributed by atoms with Gasteiger partial charge in [-0.25, -0.2) is 0 Å². The molecule has 0 aliphatic carbocycles. The lowest BCUT2D eigenvalue weighted by Gasteiger charge is -2.32. The van der Waals surface area contributed by atoms with Crippen molar-refractivity contribution in [3.05, 3.63) is 39.8 Å². The molecule has 7 heteroatoms. The van der Waals surface area contributed by atoms with Crippen LogP contribution in [0.5, 0.6) is 0 Å². The Morgan fingerprint density at radius 1 is 1.29 bits per heavy atom.